The Morgan fingerprint density at radius 2 is 2.10 bits per heavy atom. The zero-order valence-corrected chi connectivity index (χ0v) is 5.95. The first-order valence-electron chi connectivity index (χ1n) is 3.16. The number of rotatable bonds is 3. The third-order valence-corrected chi connectivity index (χ3v) is 1.21. The van der Waals surface area contributed by atoms with Crippen LogP contribution in [0, 0.1) is 0 Å². The van der Waals surface area contributed by atoms with E-state index in [4.69, 9.17) is 4.74 Å². The van der Waals surface area contributed by atoms with Gasteiger partial charge in [0.05, 0.1) is 6.61 Å². The normalized spacial score (nSPS) is 9.70. The molecular formula is C7H10N2O. The molecule has 0 radical (unpaired) electrons. The van der Waals surface area contributed by atoms with Crippen molar-refractivity contribution in [2.45, 2.75) is 6.42 Å². The summed E-state index contributed by atoms with van der Waals surface area (Å²) in [6, 6.07) is 0. The van der Waals surface area contributed by atoms with Crippen molar-refractivity contribution in [2.75, 3.05) is 13.7 Å². The van der Waals surface area contributed by atoms with Crippen LogP contribution in [0.2, 0.25) is 0 Å². The van der Waals surface area contributed by atoms with Crippen LogP contribution in [0.5, 0.6) is 0 Å². The maximum atomic E-state index is 4.89. The minimum absolute atomic E-state index is 0.730. The fourth-order valence-electron chi connectivity index (χ4n) is 0.679. The van der Waals surface area contributed by atoms with Gasteiger partial charge >= 0.3 is 0 Å². The molecule has 1 rings (SSSR count). The topological polar surface area (TPSA) is 35.0 Å². The molecule has 1 aromatic heterocycles. The van der Waals surface area contributed by atoms with Gasteiger partial charge in [-0.1, -0.05) is 0 Å². The average Bonchev–Trinajstić information content (AvgIpc) is 2.03. The smallest absolute Gasteiger partial charge is 0.115 e. The van der Waals surface area contributed by atoms with Gasteiger partial charge in [-0.05, 0) is 12.0 Å². The Labute approximate surface area is 60.1 Å². The van der Waals surface area contributed by atoms with Crippen molar-refractivity contribution < 1.29 is 4.74 Å². The van der Waals surface area contributed by atoms with Crippen LogP contribution in [0.3, 0.4) is 0 Å². The first kappa shape index (κ1) is 7.15. The van der Waals surface area contributed by atoms with E-state index in [1.807, 2.05) is 0 Å². The molecule has 0 aliphatic carbocycles. The average molecular weight is 138 g/mol. The van der Waals surface area contributed by atoms with Crippen LogP contribution in [0.4, 0.5) is 0 Å². The highest BCUT2D eigenvalue weighted by molar-refractivity contribution is 5.01. The Morgan fingerprint density at radius 1 is 1.40 bits per heavy atom. The van der Waals surface area contributed by atoms with E-state index in [-0.39, 0.29) is 0 Å². The molecule has 1 aromatic rings. The van der Waals surface area contributed by atoms with Gasteiger partial charge in [0.2, 0.25) is 0 Å². The first-order valence-corrected chi connectivity index (χ1v) is 3.16. The zero-order valence-electron chi connectivity index (χ0n) is 5.95. The van der Waals surface area contributed by atoms with E-state index in [1.54, 1.807) is 19.5 Å². The van der Waals surface area contributed by atoms with E-state index in [1.165, 1.54) is 6.33 Å². The highest BCUT2D eigenvalue weighted by atomic mass is 16.5. The Balaban J connectivity index is 2.43. The maximum absolute atomic E-state index is 4.89. The van der Waals surface area contributed by atoms with Crippen LogP contribution in [0.1, 0.15) is 5.56 Å². The van der Waals surface area contributed by atoms with Crippen LogP contribution in [0.15, 0.2) is 18.7 Å². The summed E-state index contributed by atoms with van der Waals surface area (Å²) in [5.41, 5.74) is 1.12. The monoisotopic (exact) mass is 138 g/mol. The maximum Gasteiger partial charge on any atom is 0.115 e. The Hall–Kier alpha value is -0.960. The van der Waals surface area contributed by atoms with Crippen LogP contribution in [0.25, 0.3) is 0 Å². The lowest BCUT2D eigenvalue weighted by molar-refractivity contribution is 0.202. The SMILES string of the molecule is COCCc1cncnc1. The molecule has 0 saturated carbocycles. The highest BCUT2D eigenvalue weighted by Gasteiger charge is 1.89. The minimum Gasteiger partial charge on any atom is -0.384 e. The summed E-state index contributed by atoms with van der Waals surface area (Å²) >= 11 is 0. The van der Waals surface area contributed by atoms with Crippen molar-refractivity contribution in [3.8, 4) is 0 Å². The van der Waals surface area contributed by atoms with Gasteiger partial charge in [0.25, 0.3) is 0 Å². The summed E-state index contributed by atoms with van der Waals surface area (Å²) in [4.78, 5) is 7.74. The summed E-state index contributed by atoms with van der Waals surface area (Å²) in [5.74, 6) is 0. The predicted molar refractivity (Wildman–Crippen MR) is 37.6 cm³/mol. The predicted octanol–water partition coefficient (Wildman–Crippen LogP) is 0.666. The van der Waals surface area contributed by atoms with Crippen LogP contribution < -0.4 is 0 Å². The highest BCUT2D eigenvalue weighted by Crippen LogP contribution is 1.93. The summed E-state index contributed by atoms with van der Waals surface area (Å²) < 4.78 is 4.89. The molecule has 0 bridgehead atoms. The minimum atomic E-state index is 0.730. The summed E-state index contributed by atoms with van der Waals surface area (Å²) in [6.07, 6.45) is 6.01. The Bertz CT molecular complexity index is 176. The lowest BCUT2D eigenvalue weighted by atomic mass is 10.3. The van der Waals surface area contributed by atoms with Gasteiger partial charge in [0.1, 0.15) is 6.33 Å². The molecule has 0 spiro atoms. The second kappa shape index (κ2) is 3.95. The molecule has 0 atom stereocenters. The molecule has 3 nitrogen and oxygen atoms in total. The second-order valence-corrected chi connectivity index (χ2v) is 1.99. The van der Waals surface area contributed by atoms with Crippen molar-refractivity contribution in [1.82, 2.24) is 9.97 Å². The standard InChI is InChI=1S/C7H10N2O/c1-10-3-2-7-4-8-6-9-5-7/h4-6H,2-3H2,1H3. The molecule has 1 heterocycles. The molecule has 10 heavy (non-hydrogen) atoms. The van der Waals surface area contributed by atoms with Gasteiger partial charge in [0.15, 0.2) is 0 Å². The molecule has 3 heteroatoms. The molecule has 0 aromatic carbocycles. The van der Waals surface area contributed by atoms with Crippen LogP contribution >= 0.6 is 0 Å². The van der Waals surface area contributed by atoms with Crippen molar-refractivity contribution >= 4 is 0 Å². The Morgan fingerprint density at radius 3 is 2.70 bits per heavy atom. The largest absolute Gasteiger partial charge is 0.384 e. The molecule has 0 fully saturated rings. The lowest BCUT2D eigenvalue weighted by Gasteiger charge is -1.96. The molecular weight excluding hydrogens is 128 g/mol. The van der Waals surface area contributed by atoms with E-state index in [0.29, 0.717) is 0 Å². The number of ether oxygens (including phenoxy) is 1. The fraction of sp³-hybridized carbons (Fsp3) is 0.429. The van der Waals surface area contributed by atoms with Gasteiger partial charge in [-0.2, -0.15) is 0 Å². The Kier molecular flexibility index (Phi) is 2.83. The van der Waals surface area contributed by atoms with Crippen molar-refractivity contribution in [2.24, 2.45) is 0 Å². The summed E-state index contributed by atoms with van der Waals surface area (Å²) in [5, 5.41) is 0. The number of nitrogens with zero attached hydrogens (tertiary/aromatic N) is 2. The molecule has 0 aliphatic rings. The number of hydrogen-bond donors (Lipinski definition) is 0. The first-order chi connectivity index (χ1) is 4.93. The quantitative estimate of drug-likeness (QED) is 0.615. The summed E-state index contributed by atoms with van der Waals surface area (Å²) in [7, 11) is 1.68. The fourth-order valence-corrected chi connectivity index (χ4v) is 0.679. The lowest BCUT2D eigenvalue weighted by Crippen LogP contribution is -1.95. The molecule has 0 unspecified atom stereocenters. The number of hydrogen-bond acceptors (Lipinski definition) is 3. The van der Waals surface area contributed by atoms with Gasteiger partial charge in [-0.25, -0.2) is 9.97 Å². The third kappa shape index (κ3) is 2.11. The molecule has 0 aliphatic heterocycles. The molecule has 0 N–H and O–H groups in total. The van der Waals surface area contributed by atoms with Gasteiger partial charge in [-0.3, -0.25) is 0 Å². The van der Waals surface area contributed by atoms with Crippen LogP contribution in [-0.2, 0) is 11.2 Å². The van der Waals surface area contributed by atoms with E-state index in [2.05, 4.69) is 9.97 Å². The van der Waals surface area contributed by atoms with Crippen LogP contribution in [-0.4, -0.2) is 23.7 Å². The van der Waals surface area contributed by atoms with Crippen molar-refractivity contribution in [3.63, 3.8) is 0 Å². The van der Waals surface area contributed by atoms with E-state index in [9.17, 15) is 0 Å². The molecule has 0 amide bonds. The third-order valence-electron chi connectivity index (χ3n) is 1.21. The van der Waals surface area contributed by atoms with Gasteiger partial charge in [0, 0.05) is 19.5 Å². The van der Waals surface area contributed by atoms with Crippen molar-refractivity contribution in [3.05, 3.63) is 24.3 Å². The molecule has 0 saturated heterocycles. The summed E-state index contributed by atoms with van der Waals surface area (Å²) in [6.45, 7) is 0.730. The van der Waals surface area contributed by atoms with E-state index >= 15 is 0 Å². The zero-order chi connectivity index (χ0) is 7.23. The second-order valence-electron chi connectivity index (χ2n) is 1.99. The number of aromatic nitrogens is 2. The van der Waals surface area contributed by atoms with E-state index in [0.717, 1.165) is 18.6 Å². The van der Waals surface area contributed by atoms with Crippen molar-refractivity contribution in [1.29, 1.82) is 0 Å². The molecule has 54 valence electrons. The van der Waals surface area contributed by atoms with Gasteiger partial charge < -0.3 is 4.74 Å². The number of methoxy groups -OCH3 is 1. The van der Waals surface area contributed by atoms with Gasteiger partial charge in [-0.15, -0.1) is 0 Å². The van der Waals surface area contributed by atoms with E-state index < -0.39 is 0 Å².